The van der Waals surface area contributed by atoms with Gasteiger partial charge in [-0.2, -0.15) is 0 Å². The van der Waals surface area contributed by atoms with Crippen LogP contribution in [0.4, 0.5) is 0 Å². The number of nitrogens with one attached hydrogen (secondary N) is 1. The molecular formula is C13H28NO3P. The van der Waals surface area contributed by atoms with E-state index in [-0.39, 0.29) is 5.78 Å². The minimum atomic E-state index is -3.01. The third-order valence-corrected chi connectivity index (χ3v) is 5.93. The third kappa shape index (κ3) is 4.65. The summed E-state index contributed by atoms with van der Waals surface area (Å²) in [5.41, 5.74) is 0. The molecule has 5 heteroatoms. The highest BCUT2D eigenvalue weighted by atomic mass is 31.2. The molecule has 18 heavy (non-hydrogen) atoms. The molecule has 1 aliphatic carbocycles. The van der Waals surface area contributed by atoms with Crippen LogP contribution in [-0.4, -0.2) is 25.0 Å². The fourth-order valence-electron chi connectivity index (χ4n) is 2.55. The van der Waals surface area contributed by atoms with Gasteiger partial charge < -0.3 is 14.4 Å². The summed E-state index contributed by atoms with van der Waals surface area (Å²) in [6, 6.07) is 0.470. The summed E-state index contributed by atoms with van der Waals surface area (Å²) in [6.45, 7) is 6.61. The molecule has 0 aliphatic heterocycles. The van der Waals surface area contributed by atoms with E-state index in [4.69, 9.17) is 9.05 Å². The van der Waals surface area contributed by atoms with Gasteiger partial charge in [-0.25, -0.2) is 0 Å². The van der Waals surface area contributed by atoms with Crippen molar-refractivity contribution < 1.29 is 13.6 Å². The van der Waals surface area contributed by atoms with Crippen LogP contribution in [0.5, 0.6) is 0 Å². The van der Waals surface area contributed by atoms with Gasteiger partial charge in [-0.1, -0.05) is 26.2 Å². The van der Waals surface area contributed by atoms with E-state index in [0.29, 0.717) is 19.3 Å². The molecule has 0 radical (unpaired) electrons. The molecule has 0 bridgehead atoms. The van der Waals surface area contributed by atoms with Crippen molar-refractivity contribution in [2.75, 3.05) is 13.2 Å². The molecule has 1 N–H and O–H groups in total. The predicted octanol–water partition coefficient (Wildman–Crippen LogP) is 3.91. The Morgan fingerprint density at radius 3 is 2.11 bits per heavy atom. The van der Waals surface area contributed by atoms with Crippen LogP contribution in [0.15, 0.2) is 0 Å². The lowest BCUT2D eigenvalue weighted by atomic mass is 9.95. The van der Waals surface area contributed by atoms with E-state index < -0.39 is 7.60 Å². The van der Waals surface area contributed by atoms with Crippen molar-refractivity contribution in [1.29, 1.82) is 0 Å². The van der Waals surface area contributed by atoms with Crippen LogP contribution in [0.25, 0.3) is 0 Å². The minimum absolute atomic E-state index is 0.166. The van der Waals surface area contributed by atoms with E-state index in [0.717, 1.165) is 6.42 Å². The van der Waals surface area contributed by atoms with E-state index in [2.05, 4.69) is 5.32 Å². The molecular weight excluding hydrogens is 249 g/mol. The molecule has 0 aromatic carbocycles. The van der Waals surface area contributed by atoms with Crippen LogP contribution in [0, 0.1) is 0 Å². The van der Waals surface area contributed by atoms with Crippen LogP contribution in [0.1, 0.15) is 59.3 Å². The fraction of sp³-hybridized carbons (Fsp3) is 1.00. The lowest BCUT2D eigenvalue weighted by Crippen LogP contribution is -2.39. The first-order valence-corrected chi connectivity index (χ1v) is 8.92. The summed E-state index contributed by atoms with van der Waals surface area (Å²) in [6.07, 6.45) is 6.98. The third-order valence-electron chi connectivity index (χ3n) is 3.42. The second-order valence-corrected chi connectivity index (χ2v) is 7.02. The van der Waals surface area contributed by atoms with Gasteiger partial charge in [-0.15, -0.1) is 0 Å². The zero-order valence-corrected chi connectivity index (χ0v) is 12.9. The first kappa shape index (κ1) is 16.2. The number of rotatable bonds is 8. The molecule has 0 aromatic rings. The van der Waals surface area contributed by atoms with Crippen LogP contribution < -0.4 is 5.32 Å². The minimum Gasteiger partial charge on any atom is -0.308 e. The Morgan fingerprint density at radius 1 is 1.11 bits per heavy atom. The van der Waals surface area contributed by atoms with E-state index in [1.807, 2.05) is 20.8 Å². The van der Waals surface area contributed by atoms with Crippen molar-refractivity contribution in [3.05, 3.63) is 0 Å². The molecule has 1 rings (SSSR count). The van der Waals surface area contributed by atoms with Crippen LogP contribution >= 0.6 is 7.60 Å². The second kappa shape index (κ2) is 8.31. The topological polar surface area (TPSA) is 47.6 Å². The van der Waals surface area contributed by atoms with Gasteiger partial charge in [0.2, 0.25) is 0 Å². The maximum Gasteiger partial charge on any atom is 0.347 e. The molecule has 108 valence electrons. The SMILES string of the molecule is CCOP(=O)(OCC)C(CC)NC1CCCCC1. The Kier molecular flexibility index (Phi) is 7.47. The molecule has 0 spiro atoms. The lowest BCUT2D eigenvalue weighted by Gasteiger charge is -2.31. The number of hydrogen-bond donors (Lipinski definition) is 1. The van der Waals surface area contributed by atoms with Gasteiger partial charge in [0.1, 0.15) is 5.78 Å². The maximum atomic E-state index is 12.7. The Morgan fingerprint density at radius 2 is 1.67 bits per heavy atom. The van der Waals surface area contributed by atoms with Gasteiger partial charge in [0, 0.05) is 6.04 Å². The quantitative estimate of drug-likeness (QED) is 0.683. The van der Waals surface area contributed by atoms with Gasteiger partial charge in [0.15, 0.2) is 0 Å². The average molecular weight is 277 g/mol. The highest BCUT2D eigenvalue weighted by Crippen LogP contribution is 2.53. The first-order valence-electron chi connectivity index (χ1n) is 7.31. The Balaban J connectivity index is 2.62. The largest absolute Gasteiger partial charge is 0.347 e. The molecule has 1 saturated carbocycles. The lowest BCUT2D eigenvalue weighted by molar-refractivity contribution is 0.201. The van der Waals surface area contributed by atoms with E-state index in [9.17, 15) is 4.57 Å². The molecule has 0 amide bonds. The van der Waals surface area contributed by atoms with Gasteiger partial charge in [0.25, 0.3) is 0 Å². The molecule has 0 aromatic heterocycles. The van der Waals surface area contributed by atoms with E-state index >= 15 is 0 Å². The summed E-state index contributed by atoms with van der Waals surface area (Å²) in [5.74, 6) is -0.166. The van der Waals surface area contributed by atoms with Crippen molar-refractivity contribution >= 4 is 7.60 Å². The highest BCUT2D eigenvalue weighted by molar-refractivity contribution is 7.54. The van der Waals surface area contributed by atoms with Crippen LogP contribution in [-0.2, 0) is 13.6 Å². The normalized spacial score (nSPS) is 19.9. The van der Waals surface area contributed by atoms with E-state index in [1.165, 1.54) is 32.1 Å². The molecule has 1 unspecified atom stereocenters. The highest BCUT2D eigenvalue weighted by Gasteiger charge is 2.35. The fourth-order valence-corrected chi connectivity index (χ4v) is 4.55. The summed E-state index contributed by atoms with van der Waals surface area (Å²) < 4.78 is 23.6. The Bertz CT molecular complexity index is 257. The summed E-state index contributed by atoms with van der Waals surface area (Å²) in [4.78, 5) is 0. The van der Waals surface area contributed by atoms with Gasteiger partial charge in [-0.05, 0) is 33.1 Å². The van der Waals surface area contributed by atoms with Crippen molar-refractivity contribution in [1.82, 2.24) is 5.32 Å². The van der Waals surface area contributed by atoms with Crippen molar-refractivity contribution in [2.24, 2.45) is 0 Å². The zero-order valence-electron chi connectivity index (χ0n) is 12.0. The maximum absolute atomic E-state index is 12.7. The van der Waals surface area contributed by atoms with Gasteiger partial charge >= 0.3 is 7.60 Å². The summed E-state index contributed by atoms with van der Waals surface area (Å²) in [5, 5.41) is 3.50. The van der Waals surface area contributed by atoms with Crippen LogP contribution in [0.3, 0.4) is 0 Å². The van der Waals surface area contributed by atoms with Crippen LogP contribution in [0.2, 0.25) is 0 Å². The molecule has 1 atom stereocenters. The Labute approximate surface area is 111 Å². The van der Waals surface area contributed by atoms with Crippen molar-refractivity contribution in [2.45, 2.75) is 71.1 Å². The second-order valence-electron chi connectivity index (χ2n) is 4.80. The average Bonchev–Trinajstić information content (AvgIpc) is 2.37. The van der Waals surface area contributed by atoms with Crippen molar-refractivity contribution in [3.8, 4) is 0 Å². The first-order chi connectivity index (χ1) is 8.66. The molecule has 1 fully saturated rings. The summed E-state index contributed by atoms with van der Waals surface area (Å²) in [7, 11) is -3.01. The molecule has 0 saturated heterocycles. The standard InChI is InChI=1S/C13H28NO3P/c1-4-13(14-12-10-8-7-9-11-12)18(15,16-5-2)17-6-3/h12-14H,4-11H2,1-3H3. The van der Waals surface area contributed by atoms with Gasteiger partial charge in [0.05, 0.1) is 13.2 Å². The van der Waals surface area contributed by atoms with Crippen molar-refractivity contribution in [3.63, 3.8) is 0 Å². The predicted molar refractivity (Wildman–Crippen MR) is 74.9 cm³/mol. The molecule has 1 aliphatic rings. The van der Waals surface area contributed by atoms with E-state index in [1.54, 1.807) is 0 Å². The molecule has 4 nitrogen and oxygen atoms in total. The summed E-state index contributed by atoms with van der Waals surface area (Å²) >= 11 is 0. The number of hydrogen-bond acceptors (Lipinski definition) is 4. The molecule has 0 heterocycles. The monoisotopic (exact) mass is 277 g/mol. The zero-order chi connectivity index (χ0) is 13.4. The smallest absolute Gasteiger partial charge is 0.308 e. The van der Waals surface area contributed by atoms with Gasteiger partial charge in [-0.3, -0.25) is 4.57 Å². The Hall–Kier alpha value is 0.110.